The zero-order valence-corrected chi connectivity index (χ0v) is 15.8. The van der Waals surface area contributed by atoms with Gasteiger partial charge in [0.25, 0.3) is 5.91 Å². The normalized spacial score (nSPS) is 21.9. The summed E-state index contributed by atoms with van der Waals surface area (Å²) in [6, 6.07) is 5.94. The summed E-state index contributed by atoms with van der Waals surface area (Å²) in [7, 11) is 2.18. The summed E-state index contributed by atoms with van der Waals surface area (Å²) in [6.07, 6.45) is 2.19. The summed E-state index contributed by atoms with van der Waals surface area (Å²) in [5.41, 5.74) is 3.20. The van der Waals surface area contributed by atoms with Crippen LogP contribution in [-0.2, 0) is 4.74 Å². The van der Waals surface area contributed by atoms with Gasteiger partial charge in [-0.3, -0.25) is 9.69 Å². The first-order valence-electron chi connectivity index (χ1n) is 9.37. The predicted octanol–water partition coefficient (Wildman–Crippen LogP) is 1.83. The summed E-state index contributed by atoms with van der Waals surface area (Å²) in [4.78, 5) is 17.6. The van der Waals surface area contributed by atoms with Crippen molar-refractivity contribution in [3.05, 3.63) is 34.9 Å². The highest BCUT2D eigenvalue weighted by Gasteiger charge is 2.40. The van der Waals surface area contributed by atoms with Crippen LogP contribution < -0.4 is 5.32 Å². The summed E-state index contributed by atoms with van der Waals surface area (Å²) >= 11 is 0. The molecule has 2 aliphatic heterocycles. The monoisotopic (exact) mass is 345 g/mol. The van der Waals surface area contributed by atoms with Crippen LogP contribution >= 0.6 is 0 Å². The molecule has 0 aliphatic carbocycles. The van der Waals surface area contributed by atoms with Crippen LogP contribution in [0.2, 0.25) is 0 Å². The van der Waals surface area contributed by atoms with Crippen molar-refractivity contribution in [2.45, 2.75) is 32.2 Å². The first-order chi connectivity index (χ1) is 12.0. The molecule has 5 heteroatoms. The molecular weight excluding hydrogens is 314 g/mol. The van der Waals surface area contributed by atoms with Gasteiger partial charge < -0.3 is 15.0 Å². The highest BCUT2D eigenvalue weighted by atomic mass is 16.5. The lowest BCUT2D eigenvalue weighted by atomic mass is 9.85. The third kappa shape index (κ3) is 4.22. The number of aryl methyl sites for hydroxylation is 2. The quantitative estimate of drug-likeness (QED) is 0.904. The van der Waals surface area contributed by atoms with E-state index in [1.54, 1.807) is 0 Å². The van der Waals surface area contributed by atoms with Gasteiger partial charge >= 0.3 is 0 Å². The van der Waals surface area contributed by atoms with Crippen molar-refractivity contribution >= 4 is 5.91 Å². The van der Waals surface area contributed by atoms with E-state index >= 15 is 0 Å². The maximum Gasteiger partial charge on any atom is 0.251 e. The number of carbonyl (C=O) groups is 1. The average Bonchev–Trinajstić information content (AvgIpc) is 2.64. The number of nitrogens with one attached hydrogen (secondary N) is 1. The number of amides is 1. The van der Waals surface area contributed by atoms with Crippen molar-refractivity contribution in [1.29, 1.82) is 0 Å². The number of hydrogen-bond acceptors (Lipinski definition) is 4. The Bertz CT molecular complexity index is 603. The van der Waals surface area contributed by atoms with Gasteiger partial charge in [-0.05, 0) is 70.1 Å². The van der Waals surface area contributed by atoms with Gasteiger partial charge in [0, 0.05) is 30.7 Å². The van der Waals surface area contributed by atoms with E-state index in [1.165, 1.54) is 5.56 Å². The molecule has 1 N–H and O–H groups in total. The fraction of sp³-hybridized carbons (Fsp3) is 0.650. The van der Waals surface area contributed by atoms with Crippen molar-refractivity contribution < 1.29 is 9.53 Å². The average molecular weight is 345 g/mol. The Hall–Kier alpha value is -1.43. The molecule has 0 bridgehead atoms. The van der Waals surface area contributed by atoms with Gasteiger partial charge in [-0.1, -0.05) is 6.07 Å². The molecule has 5 nitrogen and oxygen atoms in total. The summed E-state index contributed by atoms with van der Waals surface area (Å²) in [6.45, 7) is 10.5. The predicted molar refractivity (Wildman–Crippen MR) is 100 cm³/mol. The Morgan fingerprint density at radius 1 is 1.12 bits per heavy atom. The van der Waals surface area contributed by atoms with Crippen molar-refractivity contribution in [2.75, 3.05) is 53.0 Å². The molecule has 0 aromatic heterocycles. The van der Waals surface area contributed by atoms with Crippen LogP contribution in [0.1, 0.15) is 34.3 Å². The van der Waals surface area contributed by atoms with Crippen LogP contribution in [0.3, 0.4) is 0 Å². The molecule has 2 saturated heterocycles. The Morgan fingerprint density at radius 3 is 2.44 bits per heavy atom. The maximum atomic E-state index is 12.7. The van der Waals surface area contributed by atoms with E-state index in [9.17, 15) is 4.79 Å². The lowest BCUT2D eigenvalue weighted by Gasteiger charge is -2.49. The number of hydrogen-bond donors (Lipinski definition) is 1. The van der Waals surface area contributed by atoms with Crippen molar-refractivity contribution in [1.82, 2.24) is 15.1 Å². The second kappa shape index (κ2) is 7.85. The van der Waals surface area contributed by atoms with Crippen LogP contribution in [0.5, 0.6) is 0 Å². The van der Waals surface area contributed by atoms with E-state index in [0.29, 0.717) is 6.54 Å². The first kappa shape index (κ1) is 18.4. The Balaban J connectivity index is 1.69. The molecule has 0 radical (unpaired) electrons. The van der Waals surface area contributed by atoms with E-state index in [1.807, 2.05) is 18.2 Å². The molecule has 0 saturated carbocycles. The topological polar surface area (TPSA) is 44.8 Å². The molecular formula is C20H31N3O2. The standard InChI is InChI=1S/C20H31N3O2/c1-16-4-5-18(14-17(16)2)19(24)21-15-20(6-8-22(3)9-7-20)23-10-12-25-13-11-23/h4-5,14H,6-13,15H2,1-3H3,(H,21,24). The number of piperidine rings is 1. The Kier molecular flexibility index (Phi) is 5.77. The second-order valence-corrected chi connectivity index (χ2v) is 7.61. The van der Waals surface area contributed by atoms with E-state index in [0.717, 1.165) is 63.4 Å². The van der Waals surface area contributed by atoms with Crippen LogP contribution in [0.4, 0.5) is 0 Å². The number of benzene rings is 1. The van der Waals surface area contributed by atoms with Crippen molar-refractivity contribution in [3.8, 4) is 0 Å². The summed E-state index contributed by atoms with van der Waals surface area (Å²) < 4.78 is 5.54. The number of nitrogens with zero attached hydrogens (tertiary/aromatic N) is 2. The number of likely N-dealkylation sites (tertiary alicyclic amines) is 1. The molecule has 1 aromatic rings. The minimum atomic E-state index is 0.0367. The highest BCUT2D eigenvalue weighted by molar-refractivity contribution is 5.94. The van der Waals surface area contributed by atoms with Gasteiger partial charge in [-0.2, -0.15) is 0 Å². The number of rotatable bonds is 4. The Labute approximate surface area is 151 Å². The molecule has 0 atom stereocenters. The minimum Gasteiger partial charge on any atom is -0.379 e. The van der Waals surface area contributed by atoms with Gasteiger partial charge in [-0.15, -0.1) is 0 Å². The fourth-order valence-electron chi connectivity index (χ4n) is 3.91. The lowest BCUT2D eigenvalue weighted by Crippen LogP contribution is -2.62. The lowest BCUT2D eigenvalue weighted by molar-refractivity contribution is -0.0439. The van der Waals surface area contributed by atoms with Gasteiger partial charge in [0.1, 0.15) is 0 Å². The molecule has 2 fully saturated rings. The molecule has 2 aliphatic rings. The molecule has 0 unspecified atom stereocenters. The van der Waals surface area contributed by atoms with E-state index in [-0.39, 0.29) is 11.4 Å². The maximum absolute atomic E-state index is 12.7. The highest BCUT2D eigenvalue weighted by Crippen LogP contribution is 2.29. The molecule has 1 aromatic carbocycles. The molecule has 2 heterocycles. The fourth-order valence-corrected chi connectivity index (χ4v) is 3.91. The van der Waals surface area contributed by atoms with Crippen LogP contribution in [0.25, 0.3) is 0 Å². The van der Waals surface area contributed by atoms with Crippen LogP contribution in [0.15, 0.2) is 18.2 Å². The Morgan fingerprint density at radius 2 is 1.80 bits per heavy atom. The van der Waals surface area contributed by atoms with E-state index in [2.05, 4.69) is 36.0 Å². The van der Waals surface area contributed by atoms with Gasteiger partial charge in [-0.25, -0.2) is 0 Å². The molecule has 138 valence electrons. The second-order valence-electron chi connectivity index (χ2n) is 7.61. The minimum absolute atomic E-state index is 0.0367. The summed E-state index contributed by atoms with van der Waals surface area (Å²) in [5, 5.41) is 3.23. The first-order valence-corrected chi connectivity index (χ1v) is 9.37. The largest absolute Gasteiger partial charge is 0.379 e. The smallest absolute Gasteiger partial charge is 0.251 e. The zero-order valence-electron chi connectivity index (χ0n) is 15.8. The molecule has 1 amide bonds. The van der Waals surface area contributed by atoms with Crippen LogP contribution in [0, 0.1) is 13.8 Å². The van der Waals surface area contributed by atoms with Crippen molar-refractivity contribution in [3.63, 3.8) is 0 Å². The van der Waals surface area contributed by atoms with Crippen LogP contribution in [-0.4, -0.2) is 74.2 Å². The third-order valence-corrected chi connectivity index (χ3v) is 5.95. The SMILES string of the molecule is Cc1ccc(C(=O)NCC2(N3CCOCC3)CCN(C)CC2)cc1C. The zero-order chi connectivity index (χ0) is 17.9. The number of ether oxygens (including phenoxy) is 1. The van der Waals surface area contributed by atoms with E-state index < -0.39 is 0 Å². The number of morpholine rings is 1. The van der Waals surface area contributed by atoms with Gasteiger partial charge in [0.2, 0.25) is 0 Å². The third-order valence-electron chi connectivity index (χ3n) is 5.95. The van der Waals surface area contributed by atoms with Gasteiger partial charge in [0.05, 0.1) is 13.2 Å². The van der Waals surface area contributed by atoms with E-state index in [4.69, 9.17) is 4.74 Å². The molecule has 25 heavy (non-hydrogen) atoms. The van der Waals surface area contributed by atoms with Crippen molar-refractivity contribution in [2.24, 2.45) is 0 Å². The summed E-state index contributed by atoms with van der Waals surface area (Å²) in [5.74, 6) is 0.0367. The molecule has 3 rings (SSSR count). The molecule has 0 spiro atoms. The number of carbonyl (C=O) groups excluding carboxylic acids is 1. The van der Waals surface area contributed by atoms with Gasteiger partial charge in [0.15, 0.2) is 0 Å².